The van der Waals surface area contributed by atoms with Gasteiger partial charge in [-0.05, 0) is 47.7 Å². The van der Waals surface area contributed by atoms with Crippen molar-refractivity contribution >= 4 is 29.1 Å². The number of phenols is 2. The van der Waals surface area contributed by atoms with Crippen molar-refractivity contribution in [2.75, 3.05) is 16.8 Å². The third-order valence-corrected chi connectivity index (χ3v) is 5.21. The molecule has 3 rings (SSSR count). The smallest absolute Gasteiger partial charge is 0.262 e. The van der Waals surface area contributed by atoms with Crippen LogP contribution in [0.5, 0.6) is 11.5 Å². The fraction of sp³-hybridized carbons (Fsp3) is 0.318. The Morgan fingerprint density at radius 3 is 2.42 bits per heavy atom. The predicted molar refractivity (Wildman–Crippen MR) is 113 cm³/mol. The molecule has 0 spiro atoms. The van der Waals surface area contributed by atoms with Crippen molar-refractivity contribution in [2.24, 2.45) is 0 Å². The third kappa shape index (κ3) is 4.77. The summed E-state index contributed by atoms with van der Waals surface area (Å²) in [6, 6.07) is 7.85. The molecule has 1 aliphatic heterocycles. The molecule has 5 N–H and O–H groups in total. The number of anilines is 2. The number of carbonyl (C=O) groups excluding carboxylic acids is 3. The topological polar surface area (TPSA) is 139 Å². The summed E-state index contributed by atoms with van der Waals surface area (Å²) in [5.41, 5.74) is 4.26. The fourth-order valence-corrected chi connectivity index (χ4v) is 3.57. The second kappa shape index (κ2) is 9.05. The average Bonchev–Trinajstić information content (AvgIpc) is 3.14. The molecule has 0 saturated heterocycles. The van der Waals surface area contributed by atoms with E-state index < -0.39 is 5.91 Å². The van der Waals surface area contributed by atoms with Crippen LogP contribution in [0.25, 0.3) is 0 Å². The summed E-state index contributed by atoms with van der Waals surface area (Å²) in [6.07, 6.45) is 0.365. The highest BCUT2D eigenvalue weighted by Gasteiger charge is 2.28. The maximum absolute atomic E-state index is 13.1. The van der Waals surface area contributed by atoms with E-state index in [1.807, 2.05) is 13.8 Å². The van der Waals surface area contributed by atoms with Crippen molar-refractivity contribution in [1.29, 1.82) is 0 Å². The molecule has 0 saturated carbocycles. The van der Waals surface area contributed by atoms with E-state index in [4.69, 9.17) is 5.21 Å². The second-order valence-electron chi connectivity index (χ2n) is 7.72. The number of phenolic OH excluding ortho intramolecular Hbond substituents is 2. The summed E-state index contributed by atoms with van der Waals surface area (Å²) in [6.45, 7) is 4.19. The maximum atomic E-state index is 13.1. The highest BCUT2D eigenvalue weighted by atomic mass is 16.5. The van der Waals surface area contributed by atoms with Crippen LogP contribution < -0.4 is 15.7 Å². The first-order valence-corrected chi connectivity index (χ1v) is 9.94. The van der Waals surface area contributed by atoms with E-state index in [0.29, 0.717) is 29.9 Å². The predicted octanol–water partition coefficient (Wildman–Crippen LogP) is 2.65. The van der Waals surface area contributed by atoms with Crippen molar-refractivity contribution in [3.8, 4) is 11.5 Å². The van der Waals surface area contributed by atoms with E-state index in [2.05, 4.69) is 5.32 Å². The van der Waals surface area contributed by atoms with Crippen LogP contribution in [0.15, 0.2) is 30.3 Å². The molecule has 1 heterocycles. The molecule has 0 unspecified atom stereocenters. The summed E-state index contributed by atoms with van der Waals surface area (Å²) in [5, 5.41) is 31.4. The second-order valence-corrected chi connectivity index (χ2v) is 7.72. The Morgan fingerprint density at radius 2 is 1.74 bits per heavy atom. The third-order valence-electron chi connectivity index (χ3n) is 5.21. The summed E-state index contributed by atoms with van der Waals surface area (Å²) >= 11 is 0. The summed E-state index contributed by atoms with van der Waals surface area (Å²) in [7, 11) is 0. The van der Waals surface area contributed by atoms with Crippen LogP contribution in [0, 0.1) is 0 Å². The summed E-state index contributed by atoms with van der Waals surface area (Å²) in [5.74, 6) is -1.74. The fourth-order valence-electron chi connectivity index (χ4n) is 3.57. The molecule has 0 radical (unpaired) electrons. The van der Waals surface area contributed by atoms with Gasteiger partial charge in [0, 0.05) is 36.8 Å². The molecule has 3 amide bonds. The van der Waals surface area contributed by atoms with E-state index in [1.54, 1.807) is 23.1 Å². The Labute approximate surface area is 179 Å². The first-order valence-electron chi connectivity index (χ1n) is 9.94. The number of aromatic hydroxyl groups is 2. The van der Waals surface area contributed by atoms with Gasteiger partial charge >= 0.3 is 0 Å². The molecule has 0 fully saturated rings. The summed E-state index contributed by atoms with van der Waals surface area (Å²) in [4.78, 5) is 37.7. The van der Waals surface area contributed by atoms with Gasteiger partial charge in [-0.2, -0.15) is 0 Å². The van der Waals surface area contributed by atoms with E-state index >= 15 is 0 Å². The molecule has 0 bridgehead atoms. The minimum atomic E-state index is -0.642. The van der Waals surface area contributed by atoms with Gasteiger partial charge in [-0.15, -0.1) is 0 Å². The highest BCUT2D eigenvalue weighted by molar-refractivity contribution is 6.09. The molecule has 0 aromatic heterocycles. The maximum Gasteiger partial charge on any atom is 0.262 e. The quantitative estimate of drug-likeness (QED) is 0.355. The van der Waals surface area contributed by atoms with Crippen molar-refractivity contribution in [1.82, 2.24) is 5.48 Å². The number of hydrogen-bond donors (Lipinski definition) is 5. The molecule has 9 heteroatoms. The largest absolute Gasteiger partial charge is 0.508 e. The molecule has 1 aliphatic rings. The minimum absolute atomic E-state index is 0.0207. The monoisotopic (exact) mass is 427 g/mol. The Bertz CT molecular complexity index is 1030. The van der Waals surface area contributed by atoms with Crippen LogP contribution in [-0.2, 0) is 16.0 Å². The Hall–Kier alpha value is -3.59. The van der Waals surface area contributed by atoms with Crippen LogP contribution in [0.3, 0.4) is 0 Å². The number of nitrogens with zero attached hydrogens (tertiary/aromatic N) is 1. The Balaban J connectivity index is 1.77. The van der Waals surface area contributed by atoms with Crippen LogP contribution in [0.1, 0.15) is 54.1 Å². The minimum Gasteiger partial charge on any atom is -0.508 e. The molecule has 2 aromatic carbocycles. The lowest BCUT2D eigenvalue weighted by molar-refractivity contribution is -0.131. The molecular formula is C22H25N3O6. The van der Waals surface area contributed by atoms with Crippen LogP contribution in [-0.4, -0.2) is 39.7 Å². The zero-order chi connectivity index (χ0) is 22.7. The molecule has 31 heavy (non-hydrogen) atoms. The lowest BCUT2D eigenvalue weighted by Crippen LogP contribution is -2.29. The summed E-state index contributed by atoms with van der Waals surface area (Å²) < 4.78 is 0. The lowest BCUT2D eigenvalue weighted by Gasteiger charge is -2.20. The zero-order valence-electron chi connectivity index (χ0n) is 17.3. The SMILES string of the molecule is CC(C)c1cc(C(=O)N2CCc3cc(NC(=O)CCC(=O)NO)ccc32)c(O)cc1O. The number of hydroxylamine groups is 1. The van der Waals surface area contributed by atoms with Crippen LogP contribution >= 0.6 is 0 Å². The van der Waals surface area contributed by atoms with Crippen molar-refractivity contribution in [2.45, 2.75) is 39.0 Å². The number of carbonyl (C=O) groups is 3. The van der Waals surface area contributed by atoms with E-state index in [1.165, 1.54) is 17.6 Å². The molecule has 164 valence electrons. The van der Waals surface area contributed by atoms with Gasteiger partial charge in [-0.25, -0.2) is 5.48 Å². The normalized spacial score (nSPS) is 12.6. The zero-order valence-corrected chi connectivity index (χ0v) is 17.3. The van der Waals surface area contributed by atoms with Gasteiger partial charge in [-0.1, -0.05) is 13.8 Å². The van der Waals surface area contributed by atoms with E-state index in [9.17, 15) is 24.6 Å². The van der Waals surface area contributed by atoms with Crippen molar-refractivity contribution in [3.63, 3.8) is 0 Å². The van der Waals surface area contributed by atoms with E-state index in [0.717, 1.165) is 5.56 Å². The first-order chi connectivity index (χ1) is 14.7. The van der Waals surface area contributed by atoms with Crippen molar-refractivity contribution in [3.05, 3.63) is 47.0 Å². The number of benzene rings is 2. The number of hydrogen-bond acceptors (Lipinski definition) is 6. The van der Waals surface area contributed by atoms with Gasteiger partial charge in [0.25, 0.3) is 5.91 Å². The molecule has 9 nitrogen and oxygen atoms in total. The van der Waals surface area contributed by atoms with E-state index in [-0.39, 0.29) is 47.6 Å². The van der Waals surface area contributed by atoms with Crippen molar-refractivity contribution < 1.29 is 29.8 Å². The van der Waals surface area contributed by atoms with Crippen LogP contribution in [0.4, 0.5) is 11.4 Å². The molecular weight excluding hydrogens is 402 g/mol. The Kier molecular flexibility index (Phi) is 6.45. The first kappa shape index (κ1) is 22.1. The van der Waals surface area contributed by atoms with Gasteiger partial charge < -0.3 is 20.4 Å². The highest BCUT2D eigenvalue weighted by Crippen LogP contribution is 2.36. The number of fused-ring (bicyclic) bond motifs is 1. The number of amides is 3. The van der Waals surface area contributed by atoms with Gasteiger partial charge in [0.2, 0.25) is 11.8 Å². The van der Waals surface area contributed by atoms with Gasteiger partial charge in [0.15, 0.2) is 0 Å². The standard InChI is InChI=1S/C22H25N3O6/c1-12(2)15-10-16(19(27)11-18(15)26)22(30)25-8-7-13-9-14(3-4-17(13)25)23-20(28)5-6-21(29)24-31/h3-4,9-12,26-27,31H,5-8H2,1-2H3,(H,23,28)(H,24,29). The van der Waals surface area contributed by atoms with Crippen LogP contribution in [0.2, 0.25) is 0 Å². The number of rotatable bonds is 6. The molecule has 0 atom stereocenters. The van der Waals surface area contributed by atoms with Gasteiger partial charge in [0.05, 0.1) is 5.56 Å². The Morgan fingerprint density at radius 1 is 1.03 bits per heavy atom. The molecule has 0 aliphatic carbocycles. The van der Waals surface area contributed by atoms with Gasteiger partial charge in [0.1, 0.15) is 11.5 Å². The van der Waals surface area contributed by atoms with Gasteiger partial charge in [-0.3, -0.25) is 19.6 Å². The average molecular weight is 427 g/mol. The molecule has 2 aromatic rings. The lowest BCUT2D eigenvalue weighted by atomic mass is 9.98. The number of nitrogens with one attached hydrogen (secondary N) is 2.